The van der Waals surface area contributed by atoms with Crippen LogP contribution in [0.5, 0.6) is 5.75 Å². The number of rotatable bonds is 6. The van der Waals surface area contributed by atoms with Crippen LogP contribution in [0.3, 0.4) is 0 Å². The first-order valence-corrected chi connectivity index (χ1v) is 11.4. The Balaban J connectivity index is 1.78. The van der Waals surface area contributed by atoms with Crippen LogP contribution in [-0.2, 0) is 19.3 Å². The average Bonchev–Trinajstić information content (AvgIpc) is 2.85. The molecule has 4 nitrogen and oxygen atoms in total. The summed E-state index contributed by atoms with van der Waals surface area (Å²) in [6.07, 6.45) is -4.89. The summed E-state index contributed by atoms with van der Waals surface area (Å²) < 4.78 is 48.1. The number of hydrogen-bond donors (Lipinski definition) is 0. The average molecular weight is 529 g/mol. The van der Waals surface area contributed by atoms with Crippen molar-refractivity contribution in [1.29, 1.82) is 5.26 Å². The summed E-state index contributed by atoms with van der Waals surface area (Å²) in [6.45, 7) is 0.151. The van der Waals surface area contributed by atoms with E-state index in [1.165, 1.54) is 12.1 Å². The van der Waals surface area contributed by atoms with E-state index in [0.29, 0.717) is 28.5 Å². The molecule has 0 saturated heterocycles. The van der Waals surface area contributed by atoms with Gasteiger partial charge < -0.3 is 9.30 Å². The number of ether oxygens (including phenoxy) is 1. The maximum Gasteiger partial charge on any atom is 0.417 e. The van der Waals surface area contributed by atoms with Crippen LogP contribution in [0.1, 0.15) is 22.3 Å². The first-order chi connectivity index (χ1) is 17.2. The second-order valence-corrected chi connectivity index (χ2v) is 8.70. The van der Waals surface area contributed by atoms with E-state index in [2.05, 4.69) is 0 Å². The molecule has 0 N–H and O–H groups in total. The topological polar surface area (TPSA) is 55.0 Å². The molecule has 1 aromatic heterocycles. The normalized spacial score (nSPS) is 11.2. The zero-order valence-corrected chi connectivity index (χ0v) is 20.0. The van der Waals surface area contributed by atoms with Gasteiger partial charge in [-0.15, -0.1) is 0 Å². The molecule has 0 bridgehead atoms. The van der Waals surface area contributed by atoms with E-state index in [9.17, 15) is 23.2 Å². The van der Waals surface area contributed by atoms with Gasteiger partial charge in [0.2, 0.25) is 0 Å². The number of nitriles is 1. The van der Waals surface area contributed by atoms with Gasteiger partial charge in [0.25, 0.3) is 5.56 Å². The molecule has 0 spiro atoms. The highest BCUT2D eigenvalue weighted by Crippen LogP contribution is 2.34. The number of aromatic nitrogens is 1. The molecule has 0 amide bonds. The standard InChI is InChI=1S/C27H17Cl2F3N2O2/c28-20-9-6-19(24(29)12-20)15-34-25(13-23(27(30,31)32)22(14-33)26(34)35)18-7-10-21(11-8-18)36-16-17-4-2-1-3-5-17/h1-13H,15-16H2. The van der Waals surface area contributed by atoms with E-state index in [4.69, 9.17) is 27.9 Å². The maximum atomic E-state index is 13.7. The molecular formula is C27H17Cl2F3N2O2. The minimum absolute atomic E-state index is 0.0213. The summed E-state index contributed by atoms with van der Waals surface area (Å²) in [5, 5.41) is 9.98. The monoisotopic (exact) mass is 528 g/mol. The van der Waals surface area contributed by atoms with Crippen molar-refractivity contribution in [3.05, 3.63) is 122 Å². The van der Waals surface area contributed by atoms with Crippen LogP contribution in [0.25, 0.3) is 11.3 Å². The van der Waals surface area contributed by atoms with Crippen molar-refractivity contribution >= 4 is 23.2 Å². The smallest absolute Gasteiger partial charge is 0.417 e. The van der Waals surface area contributed by atoms with Gasteiger partial charge in [-0.05, 0) is 59.2 Å². The van der Waals surface area contributed by atoms with Gasteiger partial charge in [0.05, 0.1) is 17.8 Å². The van der Waals surface area contributed by atoms with Crippen LogP contribution >= 0.6 is 23.2 Å². The van der Waals surface area contributed by atoms with Crippen LogP contribution in [0.15, 0.2) is 83.7 Å². The Morgan fingerprint density at radius 3 is 2.25 bits per heavy atom. The third kappa shape index (κ3) is 5.56. The molecule has 0 saturated carbocycles. The van der Waals surface area contributed by atoms with E-state index in [-0.39, 0.29) is 17.3 Å². The highest BCUT2D eigenvalue weighted by Gasteiger charge is 2.36. The van der Waals surface area contributed by atoms with Gasteiger partial charge in [0.15, 0.2) is 0 Å². The van der Waals surface area contributed by atoms with Crippen LogP contribution in [0.4, 0.5) is 13.2 Å². The first kappa shape index (κ1) is 25.4. The van der Waals surface area contributed by atoms with Gasteiger partial charge in [-0.1, -0.05) is 59.6 Å². The fraction of sp³-hybridized carbons (Fsp3) is 0.111. The molecule has 4 aromatic rings. The Bertz CT molecular complexity index is 1490. The zero-order valence-electron chi connectivity index (χ0n) is 18.5. The lowest BCUT2D eigenvalue weighted by Gasteiger charge is -2.18. The first-order valence-electron chi connectivity index (χ1n) is 10.6. The highest BCUT2D eigenvalue weighted by molar-refractivity contribution is 6.35. The molecular weight excluding hydrogens is 512 g/mol. The van der Waals surface area contributed by atoms with Crippen LogP contribution in [-0.4, -0.2) is 4.57 Å². The van der Waals surface area contributed by atoms with Crippen molar-refractivity contribution in [3.8, 4) is 23.1 Å². The fourth-order valence-corrected chi connectivity index (χ4v) is 4.13. The van der Waals surface area contributed by atoms with E-state index in [1.54, 1.807) is 36.4 Å². The Hall–Kier alpha value is -3.73. The maximum absolute atomic E-state index is 13.7. The summed E-state index contributed by atoms with van der Waals surface area (Å²) in [7, 11) is 0. The molecule has 0 atom stereocenters. The molecule has 9 heteroatoms. The van der Waals surface area contributed by atoms with E-state index in [0.717, 1.165) is 16.2 Å². The van der Waals surface area contributed by atoms with Crippen LogP contribution in [0, 0.1) is 11.3 Å². The molecule has 182 valence electrons. The molecule has 0 fully saturated rings. The van der Waals surface area contributed by atoms with Gasteiger partial charge >= 0.3 is 6.18 Å². The minimum atomic E-state index is -4.89. The molecule has 0 aliphatic rings. The number of alkyl halides is 3. The number of hydrogen-bond acceptors (Lipinski definition) is 3. The molecule has 0 radical (unpaired) electrons. The predicted molar refractivity (Wildman–Crippen MR) is 132 cm³/mol. The molecule has 36 heavy (non-hydrogen) atoms. The van der Waals surface area contributed by atoms with Crippen molar-refractivity contribution in [2.75, 3.05) is 0 Å². The Kier molecular flexibility index (Phi) is 7.39. The molecule has 0 aliphatic heterocycles. The quantitative estimate of drug-likeness (QED) is 0.263. The molecule has 0 unspecified atom stereocenters. The number of halogens is 5. The fourth-order valence-electron chi connectivity index (χ4n) is 3.66. The summed E-state index contributed by atoms with van der Waals surface area (Å²) in [4.78, 5) is 13.1. The summed E-state index contributed by atoms with van der Waals surface area (Å²) in [5.74, 6) is 0.502. The second kappa shape index (κ2) is 10.5. The lowest BCUT2D eigenvalue weighted by atomic mass is 10.0. The summed E-state index contributed by atoms with van der Waals surface area (Å²) >= 11 is 12.2. The third-order valence-electron chi connectivity index (χ3n) is 5.46. The van der Waals surface area contributed by atoms with Gasteiger partial charge in [-0.25, -0.2) is 0 Å². The van der Waals surface area contributed by atoms with Crippen LogP contribution in [0.2, 0.25) is 10.0 Å². The third-order valence-corrected chi connectivity index (χ3v) is 6.05. The van der Waals surface area contributed by atoms with Crippen molar-refractivity contribution < 1.29 is 17.9 Å². The number of nitrogens with zero attached hydrogens (tertiary/aromatic N) is 2. The van der Waals surface area contributed by atoms with Gasteiger partial charge in [-0.2, -0.15) is 18.4 Å². The molecule has 3 aromatic carbocycles. The lowest BCUT2D eigenvalue weighted by molar-refractivity contribution is -0.137. The van der Waals surface area contributed by atoms with Crippen molar-refractivity contribution in [1.82, 2.24) is 4.57 Å². The van der Waals surface area contributed by atoms with E-state index >= 15 is 0 Å². The molecule has 4 rings (SSSR count). The number of benzene rings is 3. The zero-order chi connectivity index (χ0) is 25.9. The van der Waals surface area contributed by atoms with E-state index < -0.39 is 22.9 Å². The molecule has 0 aliphatic carbocycles. The highest BCUT2D eigenvalue weighted by atomic mass is 35.5. The van der Waals surface area contributed by atoms with Crippen molar-refractivity contribution in [3.63, 3.8) is 0 Å². The van der Waals surface area contributed by atoms with Gasteiger partial charge in [-0.3, -0.25) is 4.79 Å². The largest absolute Gasteiger partial charge is 0.489 e. The Morgan fingerprint density at radius 2 is 1.64 bits per heavy atom. The van der Waals surface area contributed by atoms with Crippen molar-refractivity contribution in [2.45, 2.75) is 19.3 Å². The van der Waals surface area contributed by atoms with Crippen molar-refractivity contribution in [2.24, 2.45) is 0 Å². The lowest BCUT2D eigenvalue weighted by Crippen LogP contribution is -2.28. The molecule has 1 heterocycles. The predicted octanol–water partition coefficient (Wildman–Crippen LogP) is 7.34. The van der Waals surface area contributed by atoms with Crippen LogP contribution < -0.4 is 10.3 Å². The minimum Gasteiger partial charge on any atom is -0.489 e. The Labute approximate surface area is 214 Å². The van der Waals surface area contributed by atoms with Gasteiger partial charge in [0.1, 0.15) is 24.0 Å². The second-order valence-electron chi connectivity index (χ2n) is 7.85. The van der Waals surface area contributed by atoms with Gasteiger partial charge in [0, 0.05) is 10.0 Å². The van der Waals surface area contributed by atoms with E-state index in [1.807, 2.05) is 30.3 Å². The summed E-state index contributed by atoms with van der Waals surface area (Å²) in [6, 6.07) is 22.6. The Morgan fingerprint density at radius 1 is 0.944 bits per heavy atom. The SMILES string of the molecule is N#Cc1c(C(F)(F)F)cc(-c2ccc(OCc3ccccc3)cc2)n(Cc2ccc(Cl)cc2Cl)c1=O. The number of pyridine rings is 1. The summed E-state index contributed by atoms with van der Waals surface area (Å²) in [5.41, 5.74) is -1.64.